The van der Waals surface area contributed by atoms with Crippen LogP contribution in [-0.4, -0.2) is 35.5 Å². The maximum absolute atomic E-state index is 12.9. The third kappa shape index (κ3) is 6.10. The Bertz CT molecular complexity index is 378. The van der Waals surface area contributed by atoms with Crippen LogP contribution >= 0.6 is 0 Å². The molecule has 2 saturated carbocycles. The lowest BCUT2D eigenvalue weighted by Gasteiger charge is -2.42. The third-order valence-electron chi connectivity index (χ3n) is 5.34. The van der Waals surface area contributed by atoms with E-state index >= 15 is 0 Å². The molecule has 0 unspecified atom stereocenters. The molecule has 4 heteroatoms. The molecule has 0 aromatic carbocycles. The number of esters is 1. The number of ether oxygens (including phenoxy) is 1. The number of nitrogens with zero attached hydrogens (tertiary/aromatic N) is 1. The van der Waals surface area contributed by atoms with E-state index in [-0.39, 0.29) is 18.3 Å². The fourth-order valence-electron chi connectivity index (χ4n) is 4.09. The van der Waals surface area contributed by atoms with Gasteiger partial charge in [0.15, 0.2) is 0 Å². The first-order chi connectivity index (χ1) is 11.6. The highest BCUT2D eigenvalue weighted by molar-refractivity contribution is 5.81. The van der Waals surface area contributed by atoms with Crippen molar-refractivity contribution in [2.45, 2.75) is 103 Å². The predicted octanol–water partition coefficient (Wildman–Crippen LogP) is 4.46. The summed E-state index contributed by atoms with van der Waals surface area (Å²) in [6, 6.07) is 0.807. The monoisotopic (exact) mass is 337 g/mol. The van der Waals surface area contributed by atoms with Crippen molar-refractivity contribution in [1.82, 2.24) is 4.90 Å². The third-order valence-corrected chi connectivity index (χ3v) is 5.34. The van der Waals surface area contributed by atoms with Crippen molar-refractivity contribution in [2.75, 3.05) is 6.61 Å². The zero-order valence-electron chi connectivity index (χ0n) is 15.6. The van der Waals surface area contributed by atoms with Gasteiger partial charge in [0.25, 0.3) is 0 Å². The highest BCUT2D eigenvalue weighted by Gasteiger charge is 2.32. The van der Waals surface area contributed by atoms with Crippen molar-refractivity contribution < 1.29 is 14.3 Å². The Balaban J connectivity index is 1.89. The summed E-state index contributed by atoms with van der Waals surface area (Å²) in [6.45, 7) is 4.49. The maximum atomic E-state index is 12.9. The minimum absolute atomic E-state index is 0.176. The second-order valence-electron chi connectivity index (χ2n) is 7.96. The molecular formula is C20H35NO3. The second-order valence-corrected chi connectivity index (χ2v) is 7.96. The first kappa shape index (κ1) is 19.3. The molecule has 0 bridgehead atoms. The first-order valence-electron chi connectivity index (χ1n) is 10.0. The molecular weight excluding hydrogens is 302 g/mol. The van der Waals surface area contributed by atoms with Crippen LogP contribution in [0.15, 0.2) is 0 Å². The van der Waals surface area contributed by atoms with Crippen molar-refractivity contribution in [3.8, 4) is 0 Å². The van der Waals surface area contributed by atoms with Crippen LogP contribution in [0.25, 0.3) is 0 Å². The molecule has 2 rings (SSSR count). The number of carbonyl (C=O) groups excluding carboxylic acids is 2. The Hall–Kier alpha value is -1.06. The van der Waals surface area contributed by atoms with Crippen LogP contribution < -0.4 is 0 Å². The van der Waals surface area contributed by atoms with Gasteiger partial charge in [-0.2, -0.15) is 0 Å². The topological polar surface area (TPSA) is 46.6 Å². The zero-order valence-corrected chi connectivity index (χ0v) is 15.6. The van der Waals surface area contributed by atoms with Crippen molar-refractivity contribution in [3.63, 3.8) is 0 Å². The molecule has 0 aliphatic heterocycles. The number of rotatable bonds is 7. The summed E-state index contributed by atoms with van der Waals surface area (Å²) in [7, 11) is 0. The SMILES string of the molecule is CC(C)COC(=O)CCC(=O)N(C1CCCCC1)C1CCCCC1. The van der Waals surface area contributed by atoms with Crippen LogP contribution in [0.1, 0.15) is 90.9 Å². The predicted molar refractivity (Wildman–Crippen MR) is 95.6 cm³/mol. The van der Waals surface area contributed by atoms with E-state index in [1.807, 2.05) is 13.8 Å². The Kier molecular flexibility index (Phi) is 8.07. The van der Waals surface area contributed by atoms with Gasteiger partial charge in [0.05, 0.1) is 13.0 Å². The van der Waals surface area contributed by atoms with E-state index in [1.165, 1.54) is 38.5 Å². The molecule has 2 fully saturated rings. The number of amides is 1. The van der Waals surface area contributed by atoms with Crippen LogP contribution in [0.5, 0.6) is 0 Å². The normalized spacial score (nSPS) is 20.1. The lowest BCUT2D eigenvalue weighted by Crippen LogP contribution is -2.48. The summed E-state index contributed by atoms with van der Waals surface area (Å²) in [5, 5.41) is 0. The smallest absolute Gasteiger partial charge is 0.306 e. The fraction of sp³-hybridized carbons (Fsp3) is 0.900. The average molecular weight is 338 g/mol. The highest BCUT2D eigenvalue weighted by atomic mass is 16.5. The molecule has 0 saturated heterocycles. The Labute approximate surface area is 147 Å². The minimum atomic E-state index is -0.232. The van der Waals surface area contributed by atoms with Crippen LogP contribution in [0, 0.1) is 5.92 Å². The molecule has 24 heavy (non-hydrogen) atoms. The molecule has 0 N–H and O–H groups in total. The van der Waals surface area contributed by atoms with E-state index in [0.29, 0.717) is 31.0 Å². The molecule has 0 heterocycles. The van der Waals surface area contributed by atoms with Crippen LogP contribution in [0.3, 0.4) is 0 Å². The van der Waals surface area contributed by atoms with Gasteiger partial charge in [0.1, 0.15) is 0 Å². The van der Waals surface area contributed by atoms with Gasteiger partial charge in [0, 0.05) is 18.5 Å². The van der Waals surface area contributed by atoms with Gasteiger partial charge in [-0.05, 0) is 31.6 Å². The summed E-state index contributed by atoms with van der Waals surface area (Å²) >= 11 is 0. The summed E-state index contributed by atoms with van der Waals surface area (Å²) in [5.41, 5.74) is 0. The molecule has 0 atom stereocenters. The van der Waals surface area contributed by atoms with Crippen molar-refractivity contribution in [2.24, 2.45) is 5.92 Å². The highest BCUT2D eigenvalue weighted by Crippen LogP contribution is 2.30. The lowest BCUT2D eigenvalue weighted by molar-refractivity contribution is -0.148. The van der Waals surface area contributed by atoms with Crippen molar-refractivity contribution in [1.29, 1.82) is 0 Å². The van der Waals surface area contributed by atoms with E-state index in [2.05, 4.69) is 4.90 Å². The van der Waals surface area contributed by atoms with E-state index < -0.39 is 0 Å². The van der Waals surface area contributed by atoms with E-state index in [9.17, 15) is 9.59 Å². The fourth-order valence-corrected chi connectivity index (χ4v) is 4.09. The zero-order chi connectivity index (χ0) is 17.4. The molecule has 0 spiro atoms. The largest absolute Gasteiger partial charge is 0.465 e. The van der Waals surface area contributed by atoms with Gasteiger partial charge in [0.2, 0.25) is 5.91 Å². The van der Waals surface area contributed by atoms with Crippen LogP contribution in [0.4, 0.5) is 0 Å². The first-order valence-corrected chi connectivity index (χ1v) is 10.0. The van der Waals surface area contributed by atoms with Gasteiger partial charge in [-0.15, -0.1) is 0 Å². The Morgan fingerprint density at radius 1 is 0.875 bits per heavy atom. The van der Waals surface area contributed by atoms with E-state index in [4.69, 9.17) is 4.74 Å². The summed E-state index contributed by atoms with van der Waals surface area (Å²) < 4.78 is 5.21. The molecule has 0 aromatic rings. The minimum Gasteiger partial charge on any atom is -0.465 e. The van der Waals surface area contributed by atoms with Gasteiger partial charge in [-0.1, -0.05) is 52.4 Å². The maximum Gasteiger partial charge on any atom is 0.306 e. The molecule has 1 amide bonds. The Morgan fingerprint density at radius 2 is 1.38 bits per heavy atom. The van der Waals surface area contributed by atoms with Crippen LogP contribution in [-0.2, 0) is 14.3 Å². The summed E-state index contributed by atoms with van der Waals surface area (Å²) in [5.74, 6) is 0.283. The lowest BCUT2D eigenvalue weighted by atomic mass is 9.88. The molecule has 4 nitrogen and oxygen atoms in total. The standard InChI is InChI=1S/C20H35NO3/c1-16(2)15-24-20(23)14-13-19(22)21(17-9-5-3-6-10-17)18-11-7-4-8-12-18/h16-18H,3-15H2,1-2H3. The number of hydrogen-bond donors (Lipinski definition) is 0. The molecule has 2 aliphatic rings. The van der Waals surface area contributed by atoms with Crippen molar-refractivity contribution >= 4 is 11.9 Å². The molecule has 0 aromatic heterocycles. The number of hydrogen-bond acceptors (Lipinski definition) is 3. The van der Waals surface area contributed by atoms with Crippen LogP contribution in [0.2, 0.25) is 0 Å². The van der Waals surface area contributed by atoms with E-state index in [1.54, 1.807) is 0 Å². The van der Waals surface area contributed by atoms with Crippen molar-refractivity contribution in [3.05, 3.63) is 0 Å². The quantitative estimate of drug-likeness (QED) is 0.644. The molecule has 2 aliphatic carbocycles. The summed E-state index contributed by atoms with van der Waals surface area (Å²) in [4.78, 5) is 26.9. The molecule has 138 valence electrons. The second kappa shape index (κ2) is 10.0. The molecule has 0 radical (unpaired) electrons. The van der Waals surface area contributed by atoms with E-state index in [0.717, 1.165) is 25.7 Å². The van der Waals surface area contributed by atoms with Gasteiger partial charge < -0.3 is 9.64 Å². The van der Waals surface area contributed by atoms with Gasteiger partial charge >= 0.3 is 5.97 Å². The van der Waals surface area contributed by atoms with Gasteiger partial charge in [-0.25, -0.2) is 0 Å². The summed E-state index contributed by atoms with van der Waals surface area (Å²) in [6.07, 6.45) is 12.6. The number of carbonyl (C=O) groups is 2. The average Bonchev–Trinajstić information content (AvgIpc) is 2.60. The Morgan fingerprint density at radius 3 is 1.83 bits per heavy atom. The van der Waals surface area contributed by atoms with Gasteiger partial charge in [-0.3, -0.25) is 9.59 Å².